The van der Waals surface area contributed by atoms with Crippen LogP contribution < -0.4 is 0 Å². The van der Waals surface area contributed by atoms with Gasteiger partial charge in [0.25, 0.3) is 0 Å². The van der Waals surface area contributed by atoms with Gasteiger partial charge in [-0.2, -0.15) is 5.06 Å². The van der Waals surface area contributed by atoms with E-state index in [-0.39, 0.29) is 29.1 Å². The molecular formula is C15H29NO3. The van der Waals surface area contributed by atoms with E-state index >= 15 is 0 Å². The van der Waals surface area contributed by atoms with Crippen molar-refractivity contribution in [2.75, 3.05) is 0 Å². The second kappa shape index (κ2) is 5.80. The summed E-state index contributed by atoms with van der Waals surface area (Å²) in [5.74, 6) is -0.145. The van der Waals surface area contributed by atoms with E-state index in [1.54, 1.807) is 0 Å². The number of ether oxygens (including phenoxy) is 1. The second-order valence-corrected chi connectivity index (χ2v) is 7.09. The lowest BCUT2D eigenvalue weighted by atomic mass is 9.80. The third-order valence-electron chi connectivity index (χ3n) is 4.01. The molecule has 1 saturated heterocycles. The second-order valence-electron chi connectivity index (χ2n) is 7.09. The monoisotopic (exact) mass is 271 g/mol. The number of esters is 1. The Balaban J connectivity index is 2.68. The number of nitrogens with zero attached hydrogens (tertiary/aromatic N) is 1. The van der Waals surface area contributed by atoms with Gasteiger partial charge < -0.3 is 9.94 Å². The van der Waals surface area contributed by atoms with Crippen molar-refractivity contribution in [3.05, 3.63) is 0 Å². The van der Waals surface area contributed by atoms with Gasteiger partial charge in [-0.25, -0.2) is 0 Å². The third kappa shape index (κ3) is 3.93. The molecule has 0 aromatic rings. The van der Waals surface area contributed by atoms with E-state index < -0.39 is 0 Å². The van der Waals surface area contributed by atoms with E-state index in [1.165, 1.54) is 5.06 Å². The van der Waals surface area contributed by atoms with Crippen LogP contribution in [0.5, 0.6) is 0 Å². The van der Waals surface area contributed by atoms with Gasteiger partial charge in [-0.3, -0.25) is 4.79 Å². The molecular weight excluding hydrogens is 242 g/mol. The van der Waals surface area contributed by atoms with Crippen molar-refractivity contribution in [1.29, 1.82) is 0 Å². The van der Waals surface area contributed by atoms with Crippen LogP contribution in [0.3, 0.4) is 0 Å². The van der Waals surface area contributed by atoms with E-state index in [2.05, 4.69) is 6.92 Å². The first-order valence-electron chi connectivity index (χ1n) is 7.30. The minimum Gasteiger partial charge on any atom is -0.462 e. The van der Waals surface area contributed by atoms with Crippen molar-refractivity contribution in [2.24, 2.45) is 5.92 Å². The van der Waals surface area contributed by atoms with Crippen LogP contribution in [0.1, 0.15) is 67.2 Å². The smallest absolute Gasteiger partial charge is 0.308 e. The molecule has 1 atom stereocenters. The Labute approximate surface area is 117 Å². The number of hydrogen-bond acceptors (Lipinski definition) is 4. The van der Waals surface area contributed by atoms with Gasteiger partial charge in [0.1, 0.15) is 6.10 Å². The molecule has 0 bridgehead atoms. The van der Waals surface area contributed by atoms with E-state index in [0.29, 0.717) is 12.8 Å². The molecule has 4 nitrogen and oxygen atoms in total. The summed E-state index contributed by atoms with van der Waals surface area (Å²) in [7, 11) is 0. The lowest BCUT2D eigenvalue weighted by Gasteiger charge is -2.51. The molecule has 0 spiro atoms. The highest BCUT2D eigenvalue weighted by molar-refractivity contribution is 5.72. The van der Waals surface area contributed by atoms with Crippen LogP contribution in [0.15, 0.2) is 0 Å². The van der Waals surface area contributed by atoms with Crippen molar-refractivity contribution in [1.82, 2.24) is 5.06 Å². The molecule has 0 radical (unpaired) electrons. The van der Waals surface area contributed by atoms with Gasteiger partial charge in [-0.15, -0.1) is 0 Å². The summed E-state index contributed by atoms with van der Waals surface area (Å²) in [5, 5.41) is 11.6. The van der Waals surface area contributed by atoms with E-state index in [1.807, 2.05) is 34.6 Å². The molecule has 0 amide bonds. The Morgan fingerprint density at radius 1 is 1.32 bits per heavy atom. The van der Waals surface area contributed by atoms with Crippen molar-refractivity contribution >= 4 is 5.97 Å². The highest BCUT2D eigenvalue weighted by Gasteiger charge is 2.46. The van der Waals surface area contributed by atoms with Gasteiger partial charge in [0.15, 0.2) is 0 Å². The fourth-order valence-electron chi connectivity index (χ4n) is 3.09. The zero-order valence-electron chi connectivity index (χ0n) is 13.2. The molecule has 112 valence electrons. The number of piperidine rings is 1. The van der Waals surface area contributed by atoms with Crippen LogP contribution >= 0.6 is 0 Å². The number of hydroxylamine groups is 2. The average molecular weight is 271 g/mol. The highest BCUT2D eigenvalue weighted by Crippen LogP contribution is 2.38. The summed E-state index contributed by atoms with van der Waals surface area (Å²) >= 11 is 0. The largest absolute Gasteiger partial charge is 0.462 e. The van der Waals surface area contributed by atoms with Crippen LogP contribution in [0.4, 0.5) is 0 Å². The van der Waals surface area contributed by atoms with Gasteiger partial charge in [0.05, 0.1) is 5.92 Å². The van der Waals surface area contributed by atoms with Crippen LogP contribution in [0.2, 0.25) is 0 Å². The predicted molar refractivity (Wildman–Crippen MR) is 75.0 cm³/mol. The summed E-state index contributed by atoms with van der Waals surface area (Å²) in [6.45, 7) is 11.9. The fourth-order valence-corrected chi connectivity index (χ4v) is 3.09. The molecule has 0 aromatic heterocycles. The van der Waals surface area contributed by atoms with Crippen molar-refractivity contribution in [3.8, 4) is 0 Å². The molecule has 0 aromatic carbocycles. The Kier molecular flexibility index (Phi) is 5.02. The number of carbonyl (C=O) groups excluding carboxylic acids is 1. The highest BCUT2D eigenvalue weighted by atomic mass is 16.5. The zero-order valence-corrected chi connectivity index (χ0v) is 13.2. The van der Waals surface area contributed by atoms with Crippen LogP contribution in [0, 0.1) is 5.92 Å². The number of carbonyl (C=O) groups is 1. The molecule has 1 unspecified atom stereocenters. The first-order chi connectivity index (χ1) is 8.60. The topological polar surface area (TPSA) is 49.8 Å². The van der Waals surface area contributed by atoms with Gasteiger partial charge >= 0.3 is 5.97 Å². The van der Waals surface area contributed by atoms with E-state index in [4.69, 9.17) is 4.74 Å². The third-order valence-corrected chi connectivity index (χ3v) is 4.01. The van der Waals surface area contributed by atoms with Crippen LogP contribution in [0.25, 0.3) is 0 Å². The van der Waals surface area contributed by atoms with Crippen molar-refractivity contribution in [2.45, 2.75) is 84.4 Å². The predicted octanol–water partition coefficient (Wildman–Crippen LogP) is 3.38. The summed E-state index contributed by atoms with van der Waals surface area (Å²) in [4.78, 5) is 12.0. The average Bonchev–Trinajstić information content (AvgIpc) is 2.25. The molecule has 1 fully saturated rings. The molecule has 1 N–H and O–H groups in total. The van der Waals surface area contributed by atoms with E-state index in [0.717, 1.165) is 12.8 Å². The summed E-state index contributed by atoms with van der Waals surface area (Å²) in [5.41, 5.74) is -0.749. The van der Waals surface area contributed by atoms with Gasteiger partial charge in [-0.1, -0.05) is 20.3 Å². The zero-order chi connectivity index (χ0) is 14.8. The minimum absolute atomic E-state index is 0.0385. The maximum Gasteiger partial charge on any atom is 0.308 e. The van der Waals surface area contributed by atoms with Gasteiger partial charge in [0, 0.05) is 23.9 Å². The van der Waals surface area contributed by atoms with Gasteiger partial charge in [0.2, 0.25) is 0 Å². The summed E-state index contributed by atoms with van der Waals surface area (Å²) in [6, 6.07) is 0. The number of hydrogen-bond donors (Lipinski definition) is 1. The van der Waals surface area contributed by atoms with Crippen LogP contribution in [-0.2, 0) is 9.53 Å². The quantitative estimate of drug-likeness (QED) is 0.796. The maximum atomic E-state index is 12.0. The van der Waals surface area contributed by atoms with Crippen molar-refractivity contribution < 1.29 is 14.7 Å². The molecule has 0 saturated carbocycles. The molecule has 4 heteroatoms. The molecule has 1 aliphatic rings. The van der Waals surface area contributed by atoms with Crippen LogP contribution in [-0.4, -0.2) is 33.4 Å². The van der Waals surface area contributed by atoms with E-state index in [9.17, 15) is 10.0 Å². The Hall–Kier alpha value is -0.610. The molecule has 1 aliphatic heterocycles. The normalized spacial score (nSPS) is 25.0. The Morgan fingerprint density at radius 3 is 2.21 bits per heavy atom. The summed E-state index contributed by atoms with van der Waals surface area (Å²) in [6.07, 6.45) is 3.07. The lowest BCUT2D eigenvalue weighted by molar-refractivity contribution is -0.260. The Bertz CT molecular complexity index is 307. The fraction of sp³-hybridized carbons (Fsp3) is 0.933. The maximum absolute atomic E-state index is 12.0. The summed E-state index contributed by atoms with van der Waals surface area (Å²) < 4.78 is 5.65. The Morgan fingerprint density at radius 2 is 1.79 bits per heavy atom. The number of rotatable bonds is 4. The molecule has 19 heavy (non-hydrogen) atoms. The molecule has 0 aliphatic carbocycles. The SMILES string of the molecule is CCCC(C)C(=O)OC1CC(C)(C)N(O)C(C)(C)C1. The molecule has 1 rings (SSSR count). The first-order valence-corrected chi connectivity index (χ1v) is 7.30. The minimum atomic E-state index is -0.374. The molecule has 1 heterocycles. The lowest BCUT2D eigenvalue weighted by Crippen LogP contribution is -2.60. The first kappa shape index (κ1) is 16.4. The van der Waals surface area contributed by atoms with Crippen molar-refractivity contribution in [3.63, 3.8) is 0 Å². The standard InChI is InChI=1S/C15H29NO3/c1-7-8-11(2)13(17)19-12-9-14(3,4)16(18)15(5,6)10-12/h11-12,18H,7-10H2,1-6H3. The van der Waals surface area contributed by atoms with Gasteiger partial charge in [-0.05, 0) is 34.1 Å².